The predicted molar refractivity (Wildman–Crippen MR) is 93.4 cm³/mol. The number of hydrogen-bond donors (Lipinski definition) is 1. The molecule has 0 bridgehead atoms. The maximum atomic E-state index is 11.9. The summed E-state index contributed by atoms with van der Waals surface area (Å²) in [5.41, 5.74) is 0.720. The van der Waals surface area contributed by atoms with Gasteiger partial charge in [0.1, 0.15) is 5.75 Å². The molecular weight excluding hydrogens is 377 g/mol. The van der Waals surface area contributed by atoms with Gasteiger partial charge in [-0.1, -0.05) is 34.8 Å². The van der Waals surface area contributed by atoms with E-state index in [2.05, 4.69) is 10.1 Å². The van der Waals surface area contributed by atoms with Crippen LogP contribution in [-0.2, 0) is 9.53 Å². The van der Waals surface area contributed by atoms with Crippen LogP contribution in [0.5, 0.6) is 5.75 Å². The molecule has 1 amide bonds. The van der Waals surface area contributed by atoms with E-state index in [-0.39, 0.29) is 16.7 Å². The number of amides is 1. The molecule has 24 heavy (non-hydrogen) atoms. The van der Waals surface area contributed by atoms with Gasteiger partial charge < -0.3 is 14.8 Å². The summed E-state index contributed by atoms with van der Waals surface area (Å²) >= 11 is 17.7. The average Bonchev–Trinajstić information content (AvgIpc) is 2.57. The van der Waals surface area contributed by atoms with Crippen molar-refractivity contribution in [3.63, 3.8) is 0 Å². The van der Waals surface area contributed by atoms with Gasteiger partial charge >= 0.3 is 5.97 Å². The summed E-state index contributed by atoms with van der Waals surface area (Å²) in [5.74, 6) is -0.445. The number of carbonyl (C=O) groups excluding carboxylic acids is 2. The molecule has 1 N–H and O–H groups in total. The van der Waals surface area contributed by atoms with Gasteiger partial charge in [-0.25, -0.2) is 4.79 Å². The number of benzene rings is 2. The summed E-state index contributed by atoms with van der Waals surface area (Å²) in [7, 11) is 1.30. The first-order valence-electron chi connectivity index (χ1n) is 6.66. The molecular formula is C16H12Cl3NO4. The summed E-state index contributed by atoms with van der Waals surface area (Å²) in [6, 6.07) is 9.09. The molecule has 5 nitrogen and oxygen atoms in total. The van der Waals surface area contributed by atoms with Crippen LogP contribution < -0.4 is 10.1 Å². The molecule has 0 aliphatic rings. The lowest BCUT2D eigenvalue weighted by atomic mass is 10.2. The topological polar surface area (TPSA) is 64.6 Å². The Labute approximate surface area is 153 Å². The van der Waals surface area contributed by atoms with Crippen LogP contribution in [0.3, 0.4) is 0 Å². The lowest BCUT2D eigenvalue weighted by molar-refractivity contribution is -0.118. The number of nitrogens with one attached hydrogen (secondary N) is 1. The van der Waals surface area contributed by atoms with Gasteiger partial charge in [-0.15, -0.1) is 0 Å². The van der Waals surface area contributed by atoms with E-state index in [1.54, 1.807) is 12.1 Å². The smallest absolute Gasteiger partial charge is 0.337 e. The number of methoxy groups -OCH3 is 1. The van der Waals surface area contributed by atoms with Crippen LogP contribution in [0.1, 0.15) is 10.4 Å². The third kappa shape index (κ3) is 4.77. The molecule has 2 aromatic rings. The summed E-state index contributed by atoms with van der Waals surface area (Å²) in [6.07, 6.45) is 0. The number of carbonyl (C=O) groups is 2. The minimum atomic E-state index is -0.450. The molecule has 2 aromatic carbocycles. The first-order chi connectivity index (χ1) is 11.4. The minimum absolute atomic E-state index is 0.242. The van der Waals surface area contributed by atoms with Crippen molar-refractivity contribution in [2.75, 3.05) is 19.0 Å². The Hall–Kier alpha value is -1.95. The molecule has 2 rings (SSSR count). The van der Waals surface area contributed by atoms with Gasteiger partial charge in [0.05, 0.1) is 33.4 Å². The minimum Gasteiger partial charge on any atom is -0.484 e. The van der Waals surface area contributed by atoms with Gasteiger partial charge in [0.25, 0.3) is 5.91 Å². The fourth-order valence-corrected chi connectivity index (χ4v) is 2.35. The lowest BCUT2D eigenvalue weighted by Gasteiger charge is -2.10. The molecule has 0 atom stereocenters. The molecule has 126 valence electrons. The number of ether oxygens (including phenoxy) is 2. The van der Waals surface area contributed by atoms with E-state index < -0.39 is 11.9 Å². The van der Waals surface area contributed by atoms with E-state index in [1.165, 1.54) is 31.4 Å². The SMILES string of the molecule is COC(=O)c1ccc(OCC(=O)Nc2cc(Cl)c(Cl)cc2Cl)cc1. The van der Waals surface area contributed by atoms with E-state index in [0.29, 0.717) is 22.0 Å². The van der Waals surface area contributed by atoms with E-state index in [9.17, 15) is 9.59 Å². The normalized spacial score (nSPS) is 10.2. The molecule has 0 saturated carbocycles. The molecule has 0 saturated heterocycles. The monoisotopic (exact) mass is 387 g/mol. The van der Waals surface area contributed by atoms with Crippen molar-refractivity contribution in [3.05, 3.63) is 57.0 Å². The zero-order chi connectivity index (χ0) is 17.7. The Morgan fingerprint density at radius 3 is 2.25 bits per heavy atom. The average molecular weight is 389 g/mol. The first-order valence-corrected chi connectivity index (χ1v) is 7.79. The van der Waals surface area contributed by atoms with Crippen molar-refractivity contribution in [2.45, 2.75) is 0 Å². The highest BCUT2D eigenvalue weighted by Gasteiger charge is 2.10. The number of esters is 1. The fraction of sp³-hybridized carbons (Fsp3) is 0.125. The number of anilines is 1. The van der Waals surface area contributed by atoms with Crippen molar-refractivity contribution in [2.24, 2.45) is 0 Å². The molecule has 0 unspecified atom stereocenters. The Kier molecular flexibility index (Phi) is 6.31. The Morgan fingerprint density at radius 1 is 1.00 bits per heavy atom. The second-order valence-corrected chi connectivity index (χ2v) is 5.82. The van der Waals surface area contributed by atoms with Crippen LogP contribution in [0, 0.1) is 0 Å². The summed E-state index contributed by atoms with van der Waals surface area (Å²) in [5, 5.41) is 3.41. The molecule has 0 aliphatic carbocycles. The molecule has 0 aliphatic heterocycles. The quantitative estimate of drug-likeness (QED) is 0.607. The van der Waals surface area contributed by atoms with Crippen LogP contribution in [0.4, 0.5) is 5.69 Å². The van der Waals surface area contributed by atoms with Gasteiger partial charge in [0.15, 0.2) is 6.61 Å². The second-order valence-electron chi connectivity index (χ2n) is 4.60. The van der Waals surface area contributed by atoms with Crippen LogP contribution in [0.2, 0.25) is 15.1 Å². The number of hydrogen-bond acceptors (Lipinski definition) is 4. The molecule has 0 radical (unpaired) electrons. The third-order valence-electron chi connectivity index (χ3n) is 2.93. The highest BCUT2D eigenvalue weighted by molar-refractivity contribution is 6.44. The first kappa shape index (κ1) is 18.4. The number of halogens is 3. The molecule has 0 aromatic heterocycles. The molecule has 0 spiro atoms. The lowest BCUT2D eigenvalue weighted by Crippen LogP contribution is -2.20. The van der Waals surface area contributed by atoms with Crippen molar-refractivity contribution in [1.82, 2.24) is 0 Å². The molecule has 8 heteroatoms. The maximum absolute atomic E-state index is 11.9. The molecule has 0 fully saturated rings. The highest BCUT2D eigenvalue weighted by Crippen LogP contribution is 2.32. The van der Waals surface area contributed by atoms with E-state index in [4.69, 9.17) is 39.5 Å². The van der Waals surface area contributed by atoms with Crippen molar-refractivity contribution in [3.8, 4) is 5.75 Å². The number of rotatable bonds is 5. The third-order valence-corrected chi connectivity index (χ3v) is 3.96. The Balaban J connectivity index is 1.94. The Bertz CT molecular complexity index is 763. The standard InChI is InChI=1S/C16H12Cl3NO4/c1-23-16(22)9-2-4-10(5-3-9)24-8-15(21)20-14-7-12(18)11(17)6-13(14)19/h2-7H,8H2,1H3,(H,20,21). The second kappa shape index (κ2) is 8.24. The van der Waals surface area contributed by atoms with Crippen molar-refractivity contribution >= 4 is 52.4 Å². The zero-order valence-corrected chi connectivity index (χ0v) is 14.7. The van der Waals surface area contributed by atoms with E-state index >= 15 is 0 Å². The van der Waals surface area contributed by atoms with E-state index in [1.807, 2.05) is 0 Å². The molecule has 0 heterocycles. The van der Waals surface area contributed by atoms with Crippen molar-refractivity contribution < 1.29 is 19.1 Å². The summed E-state index contributed by atoms with van der Waals surface area (Å²) < 4.78 is 9.93. The van der Waals surface area contributed by atoms with Crippen LogP contribution in [0.25, 0.3) is 0 Å². The highest BCUT2D eigenvalue weighted by atomic mass is 35.5. The zero-order valence-electron chi connectivity index (χ0n) is 12.4. The van der Waals surface area contributed by atoms with Gasteiger partial charge in [0, 0.05) is 0 Å². The van der Waals surface area contributed by atoms with Gasteiger partial charge in [-0.3, -0.25) is 4.79 Å². The summed E-state index contributed by atoms with van der Waals surface area (Å²) in [4.78, 5) is 23.2. The van der Waals surface area contributed by atoms with Gasteiger partial charge in [-0.05, 0) is 36.4 Å². The van der Waals surface area contributed by atoms with Crippen LogP contribution in [-0.4, -0.2) is 25.6 Å². The van der Waals surface area contributed by atoms with Crippen LogP contribution >= 0.6 is 34.8 Å². The van der Waals surface area contributed by atoms with E-state index in [0.717, 1.165) is 0 Å². The Morgan fingerprint density at radius 2 is 1.62 bits per heavy atom. The predicted octanol–water partition coefficient (Wildman–Crippen LogP) is 4.45. The van der Waals surface area contributed by atoms with Gasteiger partial charge in [-0.2, -0.15) is 0 Å². The van der Waals surface area contributed by atoms with Gasteiger partial charge in [0.2, 0.25) is 0 Å². The van der Waals surface area contributed by atoms with Crippen LogP contribution in [0.15, 0.2) is 36.4 Å². The fourth-order valence-electron chi connectivity index (χ4n) is 1.76. The maximum Gasteiger partial charge on any atom is 0.337 e. The summed E-state index contributed by atoms with van der Waals surface area (Å²) in [6.45, 7) is -0.242. The van der Waals surface area contributed by atoms with Crippen molar-refractivity contribution in [1.29, 1.82) is 0 Å². The largest absolute Gasteiger partial charge is 0.484 e.